The first-order valence-electron chi connectivity index (χ1n) is 10.8. The Morgan fingerprint density at radius 1 is 0.886 bits per heavy atom. The molecule has 1 heterocycles. The molecular weight excluding hydrogens is 448 g/mol. The Balaban J connectivity index is 1.44. The lowest BCUT2D eigenvalue weighted by molar-refractivity contribution is -0.120. The average molecular weight is 473 g/mol. The van der Waals surface area contributed by atoms with Gasteiger partial charge in [-0.1, -0.05) is 48.5 Å². The molecule has 4 aromatic rings. The van der Waals surface area contributed by atoms with Crippen molar-refractivity contribution < 1.29 is 14.3 Å². The molecule has 0 saturated heterocycles. The van der Waals surface area contributed by atoms with Crippen LogP contribution in [0.25, 0.3) is 0 Å². The molecule has 1 amide bonds. The van der Waals surface area contributed by atoms with Crippen molar-refractivity contribution in [1.82, 2.24) is 9.55 Å². The summed E-state index contributed by atoms with van der Waals surface area (Å²) in [6.07, 6.45) is 0. The van der Waals surface area contributed by atoms with Gasteiger partial charge in [-0.25, -0.2) is 4.79 Å². The second-order valence-electron chi connectivity index (χ2n) is 7.69. The Bertz CT molecular complexity index is 1410. The summed E-state index contributed by atoms with van der Waals surface area (Å²) in [4.78, 5) is 40.9. The van der Waals surface area contributed by atoms with Gasteiger partial charge >= 0.3 is 5.69 Å². The number of hydrogen-bond donors (Lipinski definition) is 2. The number of likely N-dealkylation sites (N-methyl/N-ethyl adjacent to an activating group) is 1. The topological polar surface area (TPSA) is 120 Å². The van der Waals surface area contributed by atoms with Gasteiger partial charge in [0.25, 0.3) is 11.5 Å². The number of amides is 1. The minimum Gasteiger partial charge on any atom is -0.484 e. The summed E-state index contributed by atoms with van der Waals surface area (Å²) in [6.45, 7) is -0.197. The van der Waals surface area contributed by atoms with E-state index in [0.29, 0.717) is 17.2 Å². The van der Waals surface area contributed by atoms with Crippen LogP contribution in [0.4, 0.5) is 11.5 Å². The van der Waals surface area contributed by atoms with Crippen molar-refractivity contribution in [1.29, 1.82) is 0 Å². The Hall–Kier alpha value is -4.79. The van der Waals surface area contributed by atoms with Gasteiger partial charge in [0.2, 0.25) is 0 Å². The molecule has 0 aliphatic rings. The maximum atomic E-state index is 12.8. The molecule has 0 saturated carbocycles. The summed E-state index contributed by atoms with van der Waals surface area (Å²) in [6, 6.07) is 25.3. The van der Waals surface area contributed by atoms with Gasteiger partial charge in [-0.3, -0.25) is 19.1 Å². The first-order chi connectivity index (χ1) is 16.9. The smallest absolute Gasteiger partial charge is 0.330 e. The number of anilines is 2. The highest BCUT2D eigenvalue weighted by Crippen LogP contribution is 2.24. The molecule has 178 valence electrons. The van der Waals surface area contributed by atoms with Crippen molar-refractivity contribution in [3.8, 4) is 17.2 Å². The molecule has 0 aliphatic carbocycles. The van der Waals surface area contributed by atoms with Crippen molar-refractivity contribution in [3.05, 3.63) is 111 Å². The predicted molar refractivity (Wildman–Crippen MR) is 133 cm³/mol. The molecule has 0 radical (unpaired) electrons. The number of ether oxygens (including phenoxy) is 2. The molecule has 0 atom stereocenters. The Morgan fingerprint density at radius 2 is 1.46 bits per heavy atom. The van der Waals surface area contributed by atoms with Crippen LogP contribution in [0.5, 0.6) is 17.2 Å². The fourth-order valence-electron chi connectivity index (χ4n) is 3.42. The summed E-state index contributed by atoms with van der Waals surface area (Å²) in [5.74, 6) is 1.14. The van der Waals surface area contributed by atoms with Crippen molar-refractivity contribution in [3.63, 3.8) is 0 Å². The molecule has 0 aliphatic heterocycles. The standard InChI is InChI=1S/C26H24N4O5/c1-29(23-24(27)30(26(33)28-25(23)32)16-18-8-4-2-5-9-18)22(31)17-34-19-12-14-21(15-13-19)35-20-10-6-3-7-11-20/h2-15H,16-17,27H2,1H3,(H,28,32,33). The average Bonchev–Trinajstić information content (AvgIpc) is 2.87. The van der Waals surface area contributed by atoms with Crippen LogP contribution in [-0.2, 0) is 11.3 Å². The number of H-pyrrole nitrogens is 1. The van der Waals surface area contributed by atoms with E-state index in [1.165, 1.54) is 11.6 Å². The van der Waals surface area contributed by atoms with Crippen LogP contribution in [0.2, 0.25) is 0 Å². The highest BCUT2D eigenvalue weighted by Gasteiger charge is 2.21. The molecule has 3 N–H and O–H groups in total. The lowest BCUT2D eigenvalue weighted by atomic mass is 10.2. The molecule has 9 nitrogen and oxygen atoms in total. The summed E-state index contributed by atoms with van der Waals surface area (Å²) in [5, 5.41) is 0. The van der Waals surface area contributed by atoms with Gasteiger partial charge in [0.1, 0.15) is 23.1 Å². The van der Waals surface area contributed by atoms with E-state index < -0.39 is 17.2 Å². The van der Waals surface area contributed by atoms with Gasteiger partial charge in [-0.15, -0.1) is 0 Å². The molecule has 0 unspecified atom stereocenters. The number of nitrogens with two attached hydrogens (primary N) is 1. The van der Waals surface area contributed by atoms with Gasteiger partial charge in [0, 0.05) is 7.05 Å². The zero-order chi connectivity index (χ0) is 24.8. The number of aromatic amines is 1. The van der Waals surface area contributed by atoms with E-state index in [9.17, 15) is 14.4 Å². The number of carbonyl (C=O) groups excluding carboxylic acids is 1. The van der Waals surface area contributed by atoms with Crippen molar-refractivity contribution >= 4 is 17.4 Å². The Morgan fingerprint density at radius 3 is 2.11 bits per heavy atom. The highest BCUT2D eigenvalue weighted by molar-refractivity contribution is 5.96. The number of para-hydroxylation sites is 1. The van der Waals surface area contributed by atoms with Crippen molar-refractivity contribution in [2.24, 2.45) is 0 Å². The van der Waals surface area contributed by atoms with E-state index in [2.05, 4.69) is 4.98 Å². The molecule has 9 heteroatoms. The fraction of sp³-hybridized carbons (Fsp3) is 0.115. The first kappa shape index (κ1) is 23.4. The number of hydrogen-bond acceptors (Lipinski definition) is 6. The van der Waals surface area contributed by atoms with E-state index in [0.717, 1.165) is 10.5 Å². The third-order valence-corrected chi connectivity index (χ3v) is 5.27. The third kappa shape index (κ3) is 5.59. The van der Waals surface area contributed by atoms with Crippen LogP contribution in [0.1, 0.15) is 5.56 Å². The van der Waals surface area contributed by atoms with Gasteiger partial charge < -0.3 is 20.1 Å². The first-order valence-corrected chi connectivity index (χ1v) is 10.8. The summed E-state index contributed by atoms with van der Waals surface area (Å²) in [7, 11) is 1.40. The summed E-state index contributed by atoms with van der Waals surface area (Å²) < 4.78 is 12.5. The van der Waals surface area contributed by atoms with E-state index >= 15 is 0 Å². The van der Waals surface area contributed by atoms with Crippen LogP contribution >= 0.6 is 0 Å². The largest absolute Gasteiger partial charge is 0.484 e. The van der Waals surface area contributed by atoms with Gasteiger partial charge in [-0.05, 0) is 42.0 Å². The van der Waals surface area contributed by atoms with E-state index in [1.807, 2.05) is 60.7 Å². The predicted octanol–water partition coefficient (Wildman–Crippen LogP) is 3.00. The van der Waals surface area contributed by atoms with Crippen LogP contribution < -0.4 is 31.4 Å². The molecule has 0 spiro atoms. The minimum atomic E-state index is -0.755. The van der Waals surface area contributed by atoms with Gasteiger partial charge in [-0.2, -0.15) is 0 Å². The van der Waals surface area contributed by atoms with E-state index in [-0.39, 0.29) is 24.7 Å². The maximum Gasteiger partial charge on any atom is 0.330 e. The second kappa shape index (κ2) is 10.4. The number of nitrogens with one attached hydrogen (secondary N) is 1. The normalized spacial score (nSPS) is 10.5. The highest BCUT2D eigenvalue weighted by atomic mass is 16.5. The zero-order valence-corrected chi connectivity index (χ0v) is 19.0. The fourth-order valence-corrected chi connectivity index (χ4v) is 3.42. The minimum absolute atomic E-state index is 0.110. The molecule has 4 rings (SSSR count). The molecule has 0 fully saturated rings. The van der Waals surface area contributed by atoms with Crippen LogP contribution in [0.3, 0.4) is 0 Å². The number of nitrogen functional groups attached to an aromatic ring is 1. The lowest BCUT2D eigenvalue weighted by Crippen LogP contribution is -2.41. The number of benzene rings is 3. The molecule has 1 aromatic heterocycles. The third-order valence-electron chi connectivity index (χ3n) is 5.27. The van der Waals surface area contributed by atoms with Gasteiger partial charge in [0.15, 0.2) is 12.3 Å². The van der Waals surface area contributed by atoms with E-state index in [4.69, 9.17) is 15.2 Å². The monoisotopic (exact) mass is 472 g/mol. The zero-order valence-electron chi connectivity index (χ0n) is 19.0. The Labute approximate surface area is 201 Å². The molecule has 35 heavy (non-hydrogen) atoms. The van der Waals surface area contributed by atoms with Gasteiger partial charge in [0.05, 0.1) is 6.54 Å². The number of nitrogens with zero attached hydrogens (tertiary/aromatic N) is 2. The van der Waals surface area contributed by atoms with Crippen molar-refractivity contribution in [2.75, 3.05) is 24.3 Å². The number of carbonyl (C=O) groups is 1. The van der Waals surface area contributed by atoms with Crippen LogP contribution in [0.15, 0.2) is 94.5 Å². The molecule has 3 aromatic carbocycles. The lowest BCUT2D eigenvalue weighted by Gasteiger charge is -2.20. The Kier molecular flexibility index (Phi) is 6.96. The quantitative estimate of drug-likeness (QED) is 0.407. The SMILES string of the molecule is CN(C(=O)COc1ccc(Oc2ccccc2)cc1)c1c(N)n(Cc2ccccc2)c(=O)[nH]c1=O. The van der Waals surface area contributed by atoms with Crippen LogP contribution in [0, 0.1) is 0 Å². The maximum absolute atomic E-state index is 12.8. The second-order valence-corrected chi connectivity index (χ2v) is 7.69. The molecular formula is C26H24N4O5. The molecule has 0 bridgehead atoms. The number of aromatic nitrogens is 2. The van der Waals surface area contributed by atoms with Crippen LogP contribution in [-0.4, -0.2) is 29.1 Å². The van der Waals surface area contributed by atoms with E-state index in [1.54, 1.807) is 24.3 Å². The van der Waals surface area contributed by atoms with Crippen molar-refractivity contribution in [2.45, 2.75) is 6.54 Å². The number of rotatable bonds is 8. The summed E-state index contributed by atoms with van der Waals surface area (Å²) in [5.41, 5.74) is 5.43. The summed E-state index contributed by atoms with van der Waals surface area (Å²) >= 11 is 0.